The van der Waals surface area contributed by atoms with Crippen LogP contribution >= 0.6 is 0 Å². The summed E-state index contributed by atoms with van der Waals surface area (Å²) in [7, 11) is 1.59. The normalized spacial score (nSPS) is 20.7. The van der Waals surface area contributed by atoms with Crippen molar-refractivity contribution in [2.75, 3.05) is 19.0 Å². The lowest BCUT2D eigenvalue weighted by Crippen LogP contribution is -2.43. The first-order valence-corrected chi connectivity index (χ1v) is 11.2. The summed E-state index contributed by atoms with van der Waals surface area (Å²) in [5.41, 5.74) is 1.87. The molecule has 1 aromatic heterocycles. The molecule has 0 radical (unpaired) electrons. The van der Waals surface area contributed by atoms with Crippen LogP contribution in [-0.2, 0) is 0 Å². The minimum atomic E-state index is -0.212. The van der Waals surface area contributed by atoms with Gasteiger partial charge in [0.05, 0.1) is 30.1 Å². The van der Waals surface area contributed by atoms with Gasteiger partial charge in [-0.15, -0.1) is 0 Å². The molecule has 1 N–H and O–H groups in total. The fourth-order valence-corrected chi connectivity index (χ4v) is 4.89. The van der Waals surface area contributed by atoms with Gasteiger partial charge in [0.15, 0.2) is 0 Å². The van der Waals surface area contributed by atoms with Crippen molar-refractivity contribution in [2.45, 2.75) is 70.4 Å². The van der Waals surface area contributed by atoms with E-state index in [4.69, 9.17) is 9.72 Å². The van der Waals surface area contributed by atoms with Gasteiger partial charge in [0, 0.05) is 12.2 Å². The second-order valence-corrected chi connectivity index (χ2v) is 8.42. The number of likely N-dealkylation sites (tertiary alicyclic amines) is 1. The molecule has 2 fully saturated rings. The van der Waals surface area contributed by atoms with E-state index in [2.05, 4.69) is 15.2 Å². The van der Waals surface area contributed by atoms with Gasteiger partial charge >= 0.3 is 0 Å². The molecule has 0 spiro atoms. The minimum Gasteiger partial charge on any atom is -0.495 e. The van der Waals surface area contributed by atoms with Crippen molar-refractivity contribution in [1.82, 2.24) is 14.9 Å². The van der Waals surface area contributed by atoms with Crippen LogP contribution in [-0.4, -0.2) is 40.5 Å². The summed E-state index contributed by atoms with van der Waals surface area (Å²) in [5.74, 6) is 1.29. The summed E-state index contributed by atoms with van der Waals surface area (Å²) >= 11 is 0. The van der Waals surface area contributed by atoms with Crippen molar-refractivity contribution in [3.63, 3.8) is 0 Å². The van der Waals surface area contributed by atoms with Gasteiger partial charge in [-0.1, -0.05) is 37.8 Å². The van der Waals surface area contributed by atoms with Gasteiger partial charge < -0.3 is 10.1 Å². The van der Waals surface area contributed by atoms with Gasteiger partial charge in [-0.3, -0.25) is 9.69 Å². The average molecular weight is 409 g/mol. The zero-order chi connectivity index (χ0) is 20.9. The number of hydrogen-bond acceptors (Lipinski definition) is 5. The molecular weight excluding hydrogens is 376 g/mol. The fraction of sp³-hybridized carbons (Fsp3) is 0.542. The number of amides is 1. The van der Waals surface area contributed by atoms with Gasteiger partial charge in [0.25, 0.3) is 5.91 Å². The van der Waals surface area contributed by atoms with E-state index in [1.807, 2.05) is 31.2 Å². The number of nitrogens with zero attached hydrogens (tertiary/aromatic N) is 3. The Morgan fingerprint density at radius 2 is 1.87 bits per heavy atom. The Hall–Kier alpha value is -2.47. The molecule has 6 nitrogen and oxygen atoms in total. The lowest BCUT2D eigenvalue weighted by molar-refractivity contribution is 0.0674. The molecule has 4 rings (SSSR count). The monoisotopic (exact) mass is 408 g/mol. The van der Waals surface area contributed by atoms with Crippen molar-refractivity contribution < 1.29 is 9.53 Å². The molecule has 6 heteroatoms. The molecule has 2 aromatic rings. The number of carbonyl (C=O) groups is 1. The number of nitrogens with one attached hydrogen (secondary N) is 1. The largest absolute Gasteiger partial charge is 0.495 e. The van der Waals surface area contributed by atoms with Crippen LogP contribution in [0.2, 0.25) is 0 Å². The molecule has 0 unspecified atom stereocenters. The lowest BCUT2D eigenvalue weighted by atomic mass is 9.90. The van der Waals surface area contributed by atoms with E-state index in [0.29, 0.717) is 23.0 Å². The molecule has 2 heterocycles. The molecule has 0 bridgehead atoms. The van der Waals surface area contributed by atoms with E-state index < -0.39 is 0 Å². The Bertz CT molecular complexity index is 879. The molecule has 2 aliphatic rings. The van der Waals surface area contributed by atoms with E-state index in [1.54, 1.807) is 13.3 Å². The van der Waals surface area contributed by atoms with Gasteiger partial charge in [0.1, 0.15) is 11.6 Å². The number of aryl methyl sites for hydroxylation is 1. The van der Waals surface area contributed by atoms with Gasteiger partial charge in [-0.05, 0) is 51.3 Å². The van der Waals surface area contributed by atoms with Crippen molar-refractivity contribution in [3.05, 3.63) is 47.5 Å². The maximum absolute atomic E-state index is 12.8. The second-order valence-electron chi connectivity index (χ2n) is 8.42. The zero-order valence-corrected chi connectivity index (χ0v) is 18.1. The summed E-state index contributed by atoms with van der Waals surface area (Å²) in [4.78, 5) is 25.0. The third kappa shape index (κ3) is 4.48. The van der Waals surface area contributed by atoms with Crippen molar-refractivity contribution in [3.8, 4) is 5.75 Å². The van der Waals surface area contributed by atoms with Crippen LogP contribution in [0.1, 0.15) is 79.3 Å². The quantitative estimate of drug-likeness (QED) is 0.762. The molecule has 1 aliphatic carbocycles. The van der Waals surface area contributed by atoms with Gasteiger partial charge in [-0.25, -0.2) is 9.97 Å². The maximum atomic E-state index is 12.8. The summed E-state index contributed by atoms with van der Waals surface area (Å²) in [6.07, 6.45) is 11.9. The molecule has 30 heavy (non-hydrogen) atoms. The Kier molecular flexibility index (Phi) is 6.62. The number of hydrogen-bond donors (Lipinski definition) is 1. The zero-order valence-electron chi connectivity index (χ0n) is 18.1. The number of aromatic nitrogens is 2. The second kappa shape index (κ2) is 9.56. The van der Waals surface area contributed by atoms with Crippen LogP contribution in [0.3, 0.4) is 0 Å². The third-order valence-corrected chi connectivity index (χ3v) is 6.48. The van der Waals surface area contributed by atoms with E-state index >= 15 is 0 Å². The van der Waals surface area contributed by atoms with E-state index in [9.17, 15) is 4.79 Å². The summed E-state index contributed by atoms with van der Waals surface area (Å²) in [6.45, 7) is 3.03. The summed E-state index contributed by atoms with van der Waals surface area (Å²) in [5, 5.41) is 2.92. The highest BCUT2D eigenvalue weighted by atomic mass is 16.5. The van der Waals surface area contributed by atoms with Crippen LogP contribution in [0.25, 0.3) is 0 Å². The van der Waals surface area contributed by atoms with Crippen molar-refractivity contribution in [1.29, 1.82) is 0 Å². The van der Waals surface area contributed by atoms with E-state index in [0.717, 1.165) is 24.5 Å². The molecule has 1 saturated heterocycles. The Morgan fingerprint density at radius 1 is 1.10 bits per heavy atom. The highest BCUT2D eigenvalue weighted by Crippen LogP contribution is 2.35. The number of methoxy groups -OCH3 is 1. The number of carbonyl (C=O) groups excluding carboxylic acids is 1. The standard InChI is InChI=1S/C24H32N4O2/c1-17-19(24(29)27-20-12-6-7-14-22(20)30-2)16-25-23(26-17)21-13-8-9-15-28(21)18-10-4-3-5-11-18/h6-7,12,14,16,18,21H,3-5,8-11,13,15H2,1-2H3,(H,27,29)/t21-/m1/s1. The van der Waals surface area contributed by atoms with Crippen molar-refractivity contribution in [2.24, 2.45) is 0 Å². The maximum Gasteiger partial charge on any atom is 0.259 e. The fourth-order valence-electron chi connectivity index (χ4n) is 4.89. The van der Waals surface area contributed by atoms with Crippen molar-refractivity contribution >= 4 is 11.6 Å². The minimum absolute atomic E-state index is 0.212. The number of para-hydroxylation sites is 2. The Balaban J connectivity index is 1.52. The predicted octanol–water partition coefficient (Wildman–Crippen LogP) is 4.91. The molecule has 1 aliphatic heterocycles. The lowest BCUT2D eigenvalue weighted by Gasteiger charge is -2.42. The van der Waals surface area contributed by atoms with Crippen LogP contribution in [0.15, 0.2) is 30.5 Å². The SMILES string of the molecule is COc1ccccc1NC(=O)c1cnc([C@H]2CCCCN2C2CCCCC2)nc1C. The van der Waals surface area contributed by atoms with Crippen LogP contribution in [0.5, 0.6) is 5.75 Å². The highest BCUT2D eigenvalue weighted by molar-refractivity contribution is 6.05. The first-order chi connectivity index (χ1) is 14.7. The van der Waals surface area contributed by atoms with Crippen LogP contribution in [0, 0.1) is 6.92 Å². The third-order valence-electron chi connectivity index (χ3n) is 6.48. The van der Waals surface area contributed by atoms with E-state index in [1.165, 1.54) is 44.9 Å². The van der Waals surface area contributed by atoms with Crippen LogP contribution in [0.4, 0.5) is 5.69 Å². The summed E-state index contributed by atoms with van der Waals surface area (Å²) in [6, 6.07) is 8.32. The molecule has 1 amide bonds. The number of anilines is 1. The highest BCUT2D eigenvalue weighted by Gasteiger charge is 2.32. The number of rotatable bonds is 5. The smallest absolute Gasteiger partial charge is 0.259 e. The average Bonchev–Trinajstić information content (AvgIpc) is 2.80. The first-order valence-electron chi connectivity index (χ1n) is 11.2. The molecule has 1 atom stereocenters. The van der Waals surface area contributed by atoms with Gasteiger partial charge in [-0.2, -0.15) is 0 Å². The molecule has 160 valence electrons. The van der Waals surface area contributed by atoms with E-state index in [-0.39, 0.29) is 11.9 Å². The van der Waals surface area contributed by atoms with Crippen LogP contribution < -0.4 is 10.1 Å². The summed E-state index contributed by atoms with van der Waals surface area (Å²) < 4.78 is 5.33. The number of piperidine rings is 1. The topological polar surface area (TPSA) is 67.3 Å². The first kappa shape index (κ1) is 20.8. The number of ether oxygens (including phenoxy) is 1. The van der Waals surface area contributed by atoms with Gasteiger partial charge in [0.2, 0.25) is 0 Å². The molecule has 1 saturated carbocycles. The predicted molar refractivity (Wildman–Crippen MR) is 118 cm³/mol. The molecular formula is C24H32N4O2. The Labute approximate surface area is 179 Å². The molecule has 1 aromatic carbocycles. The Morgan fingerprint density at radius 3 is 2.63 bits per heavy atom. The number of benzene rings is 1.